The molecule has 0 saturated heterocycles. The molecule has 6 nitrogen and oxygen atoms in total. The molecule has 3 aromatic rings. The average Bonchev–Trinajstić information content (AvgIpc) is 2.85. The van der Waals surface area contributed by atoms with Crippen molar-refractivity contribution in [1.82, 2.24) is 10.0 Å². The number of carbonyl (C=O) groups excluding carboxylic acids is 1. The van der Waals surface area contributed by atoms with Gasteiger partial charge in [-0.1, -0.05) is 67.6 Å². The zero-order valence-corrected chi connectivity index (χ0v) is 21.7. The topological polar surface area (TPSA) is 95.5 Å². The molecule has 35 heavy (non-hydrogen) atoms. The van der Waals surface area contributed by atoms with Gasteiger partial charge >= 0.3 is 0 Å². The van der Waals surface area contributed by atoms with Crippen LogP contribution in [0.15, 0.2) is 77.7 Å². The number of nitrogens with one attached hydrogen (secondary N) is 2. The van der Waals surface area contributed by atoms with Crippen molar-refractivity contribution in [3.63, 3.8) is 0 Å². The molecule has 0 aliphatic heterocycles. The van der Waals surface area contributed by atoms with E-state index in [-0.39, 0.29) is 0 Å². The maximum Gasteiger partial charge on any atom is 0.265 e. The van der Waals surface area contributed by atoms with Gasteiger partial charge in [-0.2, -0.15) is 0 Å². The van der Waals surface area contributed by atoms with Crippen LogP contribution >= 0.6 is 11.8 Å². The van der Waals surface area contributed by atoms with Crippen molar-refractivity contribution in [2.24, 2.45) is 0 Å². The average molecular weight is 513 g/mol. The van der Waals surface area contributed by atoms with Gasteiger partial charge in [0.1, 0.15) is 0 Å². The molecule has 0 spiro atoms. The number of benzene rings is 3. The summed E-state index contributed by atoms with van der Waals surface area (Å²) in [7, 11) is -3.63. The number of aliphatic hydroxyl groups excluding tert-OH is 1. The molecule has 0 aromatic heterocycles. The lowest BCUT2D eigenvalue weighted by atomic mass is 10.0. The highest BCUT2D eigenvalue weighted by atomic mass is 32.2. The summed E-state index contributed by atoms with van der Waals surface area (Å²) in [6.07, 6.45) is 2.22. The second kappa shape index (κ2) is 12.9. The first-order chi connectivity index (χ1) is 16.8. The largest absolute Gasteiger partial charge is 0.387 e. The Balaban J connectivity index is 1.62. The van der Waals surface area contributed by atoms with Crippen LogP contribution in [0.25, 0.3) is 11.1 Å². The minimum atomic E-state index is -3.63. The van der Waals surface area contributed by atoms with Gasteiger partial charge in [0.05, 0.1) is 17.9 Å². The van der Waals surface area contributed by atoms with Crippen LogP contribution in [0, 0.1) is 0 Å². The highest BCUT2D eigenvalue weighted by Gasteiger charge is 2.16. The Morgan fingerprint density at radius 2 is 1.69 bits per heavy atom. The summed E-state index contributed by atoms with van der Waals surface area (Å²) in [4.78, 5) is 13.2. The third kappa shape index (κ3) is 8.50. The van der Waals surface area contributed by atoms with Crippen LogP contribution in [-0.2, 0) is 16.4 Å². The molecule has 1 atom stereocenters. The van der Waals surface area contributed by atoms with Gasteiger partial charge in [0.15, 0.2) is 0 Å². The molecule has 0 aliphatic carbocycles. The number of thioether (sulfide) groups is 1. The van der Waals surface area contributed by atoms with E-state index in [4.69, 9.17) is 0 Å². The van der Waals surface area contributed by atoms with E-state index in [0.29, 0.717) is 12.1 Å². The van der Waals surface area contributed by atoms with Gasteiger partial charge in [-0.25, -0.2) is 13.1 Å². The lowest BCUT2D eigenvalue weighted by Gasteiger charge is -2.13. The fourth-order valence-electron chi connectivity index (χ4n) is 3.57. The molecule has 8 heteroatoms. The zero-order valence-electron chi connectivity index (χ0n) is 20.0. The molecule has 0 radical (unpaired) electrons. The third-order valence-electron chi connectivity index (χ3n) is 5.37. The van der Waals surface area contributed by atoms with E-state index < -0.39 is 22.0 Å². The molecule has 1 amide bonds. The number of hydrogen-bond donors (Lipinski definition) is 3. The normalized spacial score (nSPS) is 12.3. The highest BCUT2D eigenvalue weighted by molar-refractivity contribution is 7.99. The predicted molar refractivity (Wildman–Crippen MR) is 143 cm³/mol. The van der Waals surface area contributed by atoms with Crippen molar-refractivity contribution in [2.75, 3.05) is 25.1 Å². The van der Waals surface area contributed by atoms with E-state index in [0.717, 1.165) is 53.0 Å². The minimum absolute atomic E-state index is 0.359. The lowest BCUT2D eigenvalue weighted by molar-refractivity contribution is 0.0979. The first-order valence-electron chi connectivity index (χ1n) is 11.6. The number of aliphatic hydroxyl groups is 1. The van der Waals surface area contributed by atoms with E-state index in [9.17, 15) is 18.3 Å². The van der Waals surface area contributed by atoms with Gasteiger partial charge in [-0.3, -0.25) is 4.79 Å². The Labute approximate surface area is 212 Å². The van der Waals surface area contributed by atoms with Crippen LogP contribution in [0.5, 0.6) is 0 Å². The van der Waals surface area contributed by atoms with Gasteiger partial charge < -0.3 is 10.4 Å². The van der Waals surface area contributed by atoms with Crippen LogP contribution in [0.3, 0.4) is 0 Å². The third-order valence-corrected chi connectivity index (χ3v) is 7.18. The minimum Gasteiger partial charge on any atom is -0.387 e. The summed E-state index contributed by atoms with van der Waals surface area (Å²) in [6, 6.07) is 23.3. The fraction of sp³-hybridized carbons (Fsp3) is 0.296. The number of hydrogen-bond acceptors (Lipinski definition) is 6. The Bertz CT molecular complexity index is 1210. The van der Waals surface area contributed by atoms with Crippen LogP contribution in [0.2, 0.25) is 0 Å². The van der Waals surface area contributed by atoms with Gasteiger partial charge in [-0.15, -0.1) is 11.8 Å². The van der Waals surface area contributed by atoms with Crippen LogP contribution in [-0.4, -0.2) is 44.5 Å². The first kappa shape index (κ1) is 26.9. The zero-order chi connectivity index (χ0) is 25.3. The van der Waals surface area contributed by atoms with Crippen molar-refractivity contribution < 1.29 is 18.3 Å². The molecule has 3 rings (SSSR count). The summed E-state index contributed by atoms with van der Waals surface area (Å²) in [5.41, 5.74) is 4.43. The van der Waals surface area contributed by atoms with Crippen LogP contribution in [0.1, 0.15) is 40.9 Å². The summed E-state index contributed by atoms with van der Waals surface area (Å²) in [6.45, 7) is 3.31. The number of rotatable bonds is 12. The second-order valence-corrected chi connectivity index (χ2v) is 11.2. The molecule has 0 saturated carbocycles. The Morgan fingerprint density at radius 1 is 1.00 bits per heavy atom. The fourth-order valence-corrected chi connectivity index (χ4v) is 4.97. The van der Waals surface area contributed by atoms with Gasteiger partial charge in [0.2, 0.25) is 10.0 Å². The molecule has 3 aromatic carbocycles. The Morgan fingerprint density at radius 3 is 2.34 bits per heavy atom. The first-order valence-corrected chi connectivity index (χ1v) is 14.5. The standard InChI is InChI=1S/C27H32N2O4S2/c1-3-17-34-26-18-23(13-14-24(26)27(31)29-35(2,32)33)21-11-9-20(10-12-21)15-16-28-19-25(30)22-7-5-4-6-8-22/h4-14,18,25,28,30H,3,15-17,19H2,1-2H3,(H,29,31)/t25-/m1/s1. The van der Waals surface area contributed by atoms with E-state index in [2.05, 4.69) is 29.1 Å². The van der Waals surface area contributed by atoms with Crippen molar-refractivity contribution in [3.8, 4) is 11.1 Å². The van der Waals surface area contributed by atoms with Crippen molar-refractivity contribution >= 4 is 27.7 Å². The highest BCUT2D eigenvalue weighted by Crippen LogP contribution is 2.30. The second-order valence-electron chi connectivity index (χ2n) is 8.34. The molecule has 186 valence electrons. The Hall–Kier alpha value is -2.65. The molecular formula is C27H32N2O4S2. The summed E-state index contributed by atoms with van der Waals surface area (Å²) < 4.78 is 25.1. The van der Waals surface area contributed by atoms with Gasteiger partial charge in [0.25, 0.3) is 5.91 Å². The number of amides is 1. The Kier molecular flexibility index (Phi) is 9.92. The lowest BCUT2D eigenvalue weighted by Crippen LogP contribution is -2.29. The number of carbonyl (C=O) groups is 1. The van der Waals surface area contributed by atoms with Crippen molar-refractivity contribution in [1.29, 1.82) is 0 Å². The van der Waals surface area contributed by atoms with E-state index in [1.165, 1.54) is 5.56 Å². The molecule has 0 unspecified atom stereocenters. The maximum atomic E-state index is 12.5. The van der Waals surface area contributed by atoms with Gasteiger partial charge in [0, 0.05) is 11.4 Å². The maximum absolute atomic E-state index is 12.5. The summed E-state index contributed by atoms with van der Waals surface area (Å²) in [5, 5.41) is 13.6. The van der Waals surface area contributed by atoms with E-state index >= 15 is 0 Å². The van der Waals surface area contributed by atoms with Crippen molar-refractivity contribution in [2.45, 2.75) is 30.8 Å². The molecule has 0 aliphatic rings. The summed E-state index contributed by atoms with van der Waals surface area (Å²) >= 11 is 1.54. The van der Waals surface area contributed by atoms with Gasteiger partial charge in [-0.05, 0) is 59.5 Å². The quantitative estimate of drug-likeness (QED) is 0.246. The molecular weight excluding hydrogens is 480 g/mol. The molecule has 0 heterocycles. The predicted octanol–water partition coefficient (Wildman–Crippen LogP) is 4.41. The van der Waals surface area contributed by atoms with E-state index in [1.54, 1.807) is 17.8 Å². The molecule has 0 fully saturated rings. The van der Waals surface area contributed by atoms with Crippen LogP contribution < -0.4 is 10.0 Å². The number of sulfonamides is 1. The SMILES string of the molecule is CCCSc1cc(-c2ccc(CCNC[C@@H](O)c3ccccc3)cc2)ccc1C(=O)NS(C)(=O)=O. The van der Waals surface area contributed by atoms with E-state index in [1.807, 2.05) is 54.6 Å². The smallest absolute Gasteiger partial charge is 0.265 e. The summed E-state index contributed by atoms with van der Waals surface area (Å²) in [5.74, 6) is 0.214. The molecule has 3 N–H and O–H groups in total. The van der Waals surface area contributed by atoms with Crippen LogP contribution in [0.4, 0.5) is 0 Å². The van der Waals surface area contributed by atoms with Crippen molar-refractivity contribution in [3.05, 3.63) is 89.5 Å². The monoisotopic (exact) mass is 512 g/mol. The molecule has 0 bridgehead atoms.